The van der Waals surface area contributed by atoms with Crippen LogP contribution in [0.25, 0.3) is 11.3 Å². The highest BCUT2D eigenvalue weighted by atomic mass is 16.1. The lowest BCUT2D eigenvalue weighted by Crippen LogP contribution is -2.21. The topological polar surface area (TPSA) is 64.0 Å². The Morgan fingerprint density at radius 3 is 2.56 bits per heavy atom. The number of carbonyl (C=O) groups excluding carboxylic acids is 1. The molecule has 1 aromatic carbocycles. The van der Waals surface area contributed by atoms with Gasteiger partial charge in [0.1, 0.15) is 5.69 Å². The molecule has 0 bridgehead atoms. The summed E-state index contributed by atoms with van der Waals surface area (Å²) < 4.78 is 1.24. The quantitative estimate of drug-likeness (QED) is 0.867. The van der Waals surface area contributed by atoms with Crippen molar-refractivity contribution in [2.75, 3.05) is 5.32 Å². The van der Waals surface area contributed by atoms with Crippen molar-refractivity contribution in [3.05, 3.63) is 46.8 Å². The zero-order valence-corrected chi connectivity index (χ0v) is 10.2. The fourth-order valence-corrected chi connectivity index (χ4v) is 1.63. The van der Waals surface area contributed by atoms with Gasteiger partial charge in [-0.1, -0.05) is 30.3 Å². The Hall–Kier alpha value is -2.43. The van der Waals surface area contributed by atoms with E-state index in [0.29, 0.717) is 11.4 Å². The highest BCUT2D eigenvalue weighted by Crippen LogP contribution is 2.23. The molecule has 0 fully saturated rings. The number of aryl methyl sites for hydroxylation is 1. The van der Waals surface area contributed by atoms with E-state index in [1.807, 2.05) is 30.3 Å². The third kappa shape index (κ3) is 2.45. The maximum absolute atomic E-state index is 11.6. The molecule has 0 atom stereocenters. The molecule has 0 aliphatic carbocycles. The molecule has 1 heterocycles. The third-order valence-electron chi connectivity index (χ3n) is 2.45. The molecular formula is C13H13N3O2. The Balaban J connectivity index is 2.61. The number of nitrogens with zero attached hydrogens (tertiary/aromatic N) is 2. The molecule has 0 saturated carbocycles. The molecule has 0 saturated heterocycles. The normalized spacial score (nSPS) is 10.1. The number of nitrogens with one attached hydrogen (secondary N) is 1. The lowest BCUT2D eigenvalue weighted by Gasteiger charge is -2.10. The lowest BCUT2D eigenvalue weighted by atomic mass is 10.1. The number of benzene rings is 1. The summed E-state index contributed by atoms with van der Waals surface area (Å²) in [7, 11) is 1.58. The van der Waals surface area contributed by atoms with Crippen LogP contribution >= 0.6 is 0 Å². The van der Waals surface area contributed by atoms with E-state index < -0.39 is 0 Å². The third-order valence-corrected chi connectivity index (χ3v) is 2.45. The van der Waals surface area contributed by atoms with E-state index in [0.717, 1.165) is 5.56 Å². The SMILES string of the molecule is CC(=O)Nc1cc(=O)n(C)nc1-c1ccccc1. The van der Waals surface area contributed by atoms with Crippen molar-refractivity contribution >= 4 is 11.6 Å². The van der Waals surface area contributed by atoms with Crippen molar-refractivity contribution in [2.45, 2.75) is 6.92 Å². The molecule has 0 radical (unpaired) electrons. The van der Waals surface area contributed by atoms with Crippen molar-refractivity contribution in [2.24, 2.45) is 7.05 Å². The summed E-state index contributed by atoms with van der Waals surface area (Å²) in [6, 6.07) is 10.8. The van der Waals surface area contributed by atoms with Crippen molar-refractivity contribution < 1.29 is 4.79 Å². The minimum Gasteiger partial charge on any atom is -0.324 e. The second-order valence-corrected chi connectivity index (χ2v) is 3.92. The Kier molecular flexibility index (Phi) is 3.23. The van der Waals surface area contributed by atoms with E-state index in [-0.39, 0.29) is 11.5 Å². The standard InChI is InChI=1S/C13H13N3O2/c1-9(17)14-11-8-12(18)16(2)15-13(11)10-6-4-3-5-7-10/h3-8H,1-2H3,(H,14,17). The van der Waals surface area contributed by atoms with Gasteiger partial charge >= 0.3 is 0 Å². The molecular weight excluding hydrogens is 230 g/mol. The molecule has 92 valence electrons. The Morgan fingerprint density at radius 1 is 1.28 bits per heavy atom. The van der Waals surface area contributed by atoms with Crippen LogP contribution in [0, 0.1) is 0 Å². The van der Waals surface area contributed by atoms with Crippen molar-refractivity contribution in [1.29, 1.82) is 0 Å². The average Bonchev–Trinajstić information content (AvgIpc) is 2.34. The van der Waals surface area contributed by atoms with Crippen LogP contribution in [0.2, 0.25) is 0 Å². The van der Waals surface area contributed by atoms with Crippen molar-refractivity contribution in [3.8, 4) is 11.3 Å². The van der Waals surface area contributed by atoms with Crippen molar-refractivity contribution in [3.63, 3.8) is 0 Å². The molecule has 1 aromatic heterocycles. The predicted octanol–water partition coefficient (Wildman–Crippen LogP) is 1.41. The monoisotopic (exact) mass is 243 g/mol. The second-order valence-electron chi connectivity index (χ2n) is 3.92. The first-order valence-corrected chi connectivity index (χ1v) is 5.49. The minimum absolute atomic E-state index is 0.234. The molecule has 2 rings (SSSR count). The van der Waals surface area contributed by atoms with Crippen LogP contribution in [0.1, 0.15) is 6.92 Å². The Morgan fingerprint density at radius 2 is 1.94 bits per heavy atom. The summed E-state index contributed by atoms with van der Waals surface area (Å²) in [5.74, 6) is -0.234. The molecule has 0 unspecified atom stereocenters. The van der Waals surface area contributed by atoms with Crippen LogP contribution in [-0.2, 0) is 11.8 Å². The van der Waals surface area contributed by atoms with Crippen LogP contribution in [0.4, 0.5) is 5.69 Å². The van der Waals surface area contributed by atoms with Gasteiger partial charge in [-0.2, -0.15) is 5.10 Å². The van der Waals surface area contributed by atoms with Gasteiger partial charge in [-0.25, -0.2) is 4.68 Å². The van der Waals surface area contributed by atoms with Gasteiger partial charge in [0.15, 0.2) is 0 Å². The van der Waals surface area contributed by atoms with Crippen molar-refractivity contribution in [1.82, 2.24) is 9.78 Å². The largest absolute Gasteiger partial charge is 0.324 e. The molecule has 5 heteroatoms. The van der Waals surface area contributed by atoms with Gasteiger partial charge in [-0.05, 0) is 0 Å². The highest BCUT2D eigenvalue weighted by Gasteiger charge is 2.10. The van der Waals surface area contributed by atoms with Gasteiger partial charge in [0.2, 0.25) is 5.91 Å². The highest BCUT2D eigenvalue weighted by molar-refractivity contribution is 5.92. The molecule has 5 nitrogen and oxygen atoms in total. The van der Waals surface area contributed by atoms with Crippen LogP contribution in [0.15, 0.2) is 41.2 Å². The van der Waals surface area contributed by atoms with Gasteiger partial charge in [-0.3, -0.25) is 9.59 Å². The van der Waals surface area contributed by atoms with Gasteiger partial charge in [0, 0.05) is 25.6 Å². The van der Waals surface area contributed by atoms with E-state index in [9.17, 15) is 9.59 Å². The van der Waals surface area contributed by atoms with Gasteiger partial charge in [-0.15, -0.1) is 0 Å². The van der Waals surface area contributed by atoms with E-state index in [1.165, 1.54) is 17.7 Å². The maximum atomic E-state index is 11.6. The number of hydrogen-bond acceptors (Lipinski definition) is 3. The molecule has 1 N–H and O–H groups in total. The smallest absolute Gasteiger partial charge is 0.268 e. The molecule has 1 amide bonds. The van der Waals surface area contributed by atoms with E-state index in [2.05, 4.69) is 10.4 Å². The summed E-state index contributed by atoms with van der Waals surface area (Å²) in [6.45, 7) is 1.40. The van der Waals surface area contributed by atoms with Crippen LogP contribution in [0.5, 0.6) is 0 Å². The molecule has 0 aliphatic heterocycles. The Bertz CT molecular complexity index is 632. The summed E-state index contributed by atoms with van der Waals surface area (Å²) >= 11 is 0. The van der Waals surface area contributed by atoms with Gasteiger partial charge in [0.05, 0.1) is 5.69 Å². The molecule has 18 heavy (non-hydrogen) atoms. The number of amides is 1. The van der Waals surface area contributed by atoms with E-state index in [1.54, 1.807) is 7.05 Å². The lowest BCUT2D eigenvalue weighted by molar-refractivity contribution is -0.114. The van der Waals surface area contributed by atoms with E-state index >= 15 is 0 Å². The second kappa shape index (κ2) is 4.83. The minimum atomic E-state index is -0.265. The van der Waals surface area contributed by atoms with Crippen LogP contribution < -0.4 is 10.9 Å². The first-order valence-electron chi connectivity index (χ1n) is 5.49. The average molecular weight is 243 g/mol. The van der Waals surface area contributed by atoms with Gasteiger partial charge < -0.3 is 5.32 Å². The predicted molar refractivity (Wildman–Crippen MR) is 69.2 cm³/mol. The van der Waals surface area contributed by atoms with Gasteiger partial charge in [0.25, 0.3) is 5.56 Å². The number of rotatable bonds is 2. The van der Waals surface area contributed by atoms with Crippen LogP contribution in [-0.4, -0.2) is 15.7 Å². The van der Waals surface area contributed by atoms with Crippen LogP contribution in [0.3, 0.4) is 0 Å². The van der Waals surface area contributed by atoms with E-state index in [4.69, 9.17) is 0 Å². The maximum Gasteiger partial charge on any atom is 0.268 e. The molecule has 0 aliphatic rings. The first-order chi connectivity index (χ1) is 8.58. The molecule has 0 spiro atoms. The zero-order valence-electron chi connectivity index (χ0n) is 10.2. The number of carbonyl (C=O) groups is 1. The summed E-state index contributed by atoms with van der Waals surface area (Å²) in [5.41, 5.74) is 1.58. The Labute approximate surface area is 104 Å². The fraction of sp³-hybridized carbons (Fsp3) is 0.154. The summed E-state index contributed by atoms with van der Waals surface area (Å²) in [4.78, 5) is 22.7. The number of hydrogen-bond donors (Lipinski definition) is 1. The zero-order chi connectivity index (χ0) is 13.1. The summed E-state index contributed by atoms with van der Waals surface area (Å²) in [6.07, 6.45) is 0. The number of anilines is 1. The fourth-order valence-electron chi connectivity index (χ4n) is 1.63. The number of aromatic nitrogens is 2. The summed E-state index contributed by atoms with van der Waals surface area (Å²) in [5, 5.41) is 6.81. The molecule has 2 aromatic rings. The first kappa shape index (κ1) is 12.0.